The third-order valence-electron chi connectivity index (χ3n) is 2.97. The number of hydrogen-bond donors (Lipinski definition) is 1. The molecular weight excluding hydrogens is 198 g/mol. The lowest BCUT2D eigenvalue weighted by Crippen LogP contribution is -2.43. The summed E-state index contributed by atoms with van der Waals surface area (Å²) in [5, 5.41) is 3.05. The van der Waals surface area contributed by atoms with E-state index in [1.54, 1.807) is 0 Å². The van der Waals surface area contributed by atoms with E-state index in [0.29, 0.717) is 0 Å². The lowest BCUT2D eigenvalue weighted by molar-refractivity contribution is 0.0910. The van der Waals surface area contributed by atoms with E-state index in [9.17, 15) is 4.79 Å². The third-order valence-corrected chi connectivity index (χ3v) is 2.97. The summed E-state index contributed by atoms with van der Waals surface area (Å²) >= 11 is 0. The molecule has 2 nitrogen and oxygen atoms in total. The molecule has 0 heterocycles. The lowest BCUT2D eigenvalue weighted by Gasteiger charge is -2.25. The molecule has 0 aliphatic heterocycles. The van der Waals surface area contributed by atoms with E-state index in [-0.39, 0.29) is 11.4 Å². The van der Waals surface area contributed by atoms with Crippen LogP contribution in [0.4, 0.5) is 0 Å². The minimum absolute atomic E-state index is 0.0213. The van der Waals surface area contributed by atoms with Crippen molar-refractivity contribution in [2.24, 2.45) is 0 Å². The molecule has 1 N–H and O–H groups in total. The fraction of sp³-hybridized carbons (Fsp3) is 0.500. The molecule has 0 saturated carbocycles. The van der Waals surface area contributed by atoms with Crippen molar-refractivity contribution in [3.8, 4) is 0 Å². The van der Waals surface area contributed by atoms with Crippen molar-refractivity contribution in [1.29, 1.82) is 0 Å². The smallest absolute Gasteiger partial charge is 0.251 e. The van der Waals surface area contributed by atoms with Gasteiger partial charge in [-0.25, -0.2) is 0 Å². The van der Waals surface area contributed by atoms with Gasteiger partial charge in [0, 0.05) is 11.1 Å². The van der Waals surface area contributed by atoms with Crippen LogP contribution in [0.3, 0.4) is 0 Å². The van der Waals surface area contributed by atoms with E-state index in [1.807, 2.05) is 45.9 Å². The molecule has 0 radical (unpaired) electrons. The number of carbonyl (C=O) groups is 1. The second kappa shape index (κ2) is 4.69. The average molecular weight is 219 g/mol. The lowest BCUT2D eigenvalue weighted by atomic mass is 9.99. The van der Waals surface area contributed by atoms with Gasteiger partial charge in [-0.05, 0) is 45.7 Å². The van der Waals surface area contributed by atoms with Crippen molar-refractivity contribution >= 4 is 5.91 Å². The van der Waals surface area contributed by atoms with Gasteiger partial charge in [-0.3, -0.25) is 4.79 Å². The SMILES string of the molecule is CCC(C)(C)NC(=O)c1cc(C)ccc1C. The Kier molecular flexibility index (Phi) is 3.74. The monoisotopic (exact) mass is 219 g/mol. The summed E-state index contributed by atoms with van der Waals surface area (Å²) in [4.78, 5) is 12.1. The van der Waals surface area contributed by atoms with Gasteiger partial charge in [-0.1, -0.05) is 24.6 Å². The fourth-order valence-corrected chi connectivity index (χ4v) is 1.44. The molecule has 0 fully saturated rings. The maximum atomic E-state index is 12.1. The predicted octanol–water partition coefficient (Wildman–Crippen LogP) is 3.22. The Balaban J connectivity index is 2.93. The van der Waals surface area contributed by atoms with E-state index in [0.717, 1.165) is 23.1 Å². The summed E-state index contributed by atoms with van der Waals surface area (Å²) in [6, 6.07) is 5.96. The van der Waals surface area contributed by atoms with Gasteiger partial charge in [0.25, 0.3) is 5.91 Å². The van der Waals surface area contributed by atoms with E-state index in [1.165, 1.54) is 0 Å². The Hall–Kier alpha value is -1.31. The van der Waals surface area contributed by atoms with Crippen molar-refractivity contribution in [2.75, 3.05) is 0 Å². The van der Waals surface area contributed by atoms with E-state index in [2.05, 4.69) is 12.2 Å². The Bertz CT molecular complexity index is 394. The standard InChI is InChI=1S/C14H21NO/c1-6-14(4,5)15-13(16)12-9-10(2)7-8-11(12)3/h7-9H,6H2,1-5H3,(H,15,16). The summed E-state index contributed by atoms with van der Waals surface area (Å²) in [5.41, 5.74) is 2.77. The van der Waals surface area contributed by atoms with E-state index < -0.39 is 0 Å². The summed E-state index contributed by atoms with van der Waals surface area (Å²) in [5.74, 6) is 0.0213. The molecule has 1 rings (SSSR count). The van der Waals surface area contributed by atoms with Crippen molar-refractivity contribution < 1.29 is 4.79 Å². The van der Waals surface area contributed by atoms with Crippen LogP contribution < -0.4 is 5.32 Å². The van der Waals surface area contributed by atoms with Crippen LogP contribution in [-0.2, 0) is 0 Å². The Morgan fingerprint density at radius 2 is 1.94 bits per heavy atom. The Morgan fingerprint density at radius 3 is 2.50 bits per heavy atom. The Morgan fingerprint density at radius 1 is 1.31 bits per heavy atom. The van der Waals surface area contributed by atoms with Crippen LogP contribution in [0, 0.1) is 13.8 Å². The second-order valence-corrected chi connectivity index (χ2v) is 5.01. The first-order valence-electron chi connectivity index (χ1n) is 5.75. The first-order chi connectivity index (χ1) is 7.35. The van der Waals surface area contributed by atoms with Crippen molar-refractivity contribution in [3.63, 3.8) is 0 Å². The van der Waals surface area contributed by atoms with E-state index >= 15 is 0 Å². The first-order valence-corrected chi connectivity index (χ1v) is 5.75. The average Bonchev–Trinajstić information content (AvgIpc) is 2.21. The molecule has 1 aromatic rings. The summed E-state index contributed by atoms with van der Waals surface area (Å²) < 4.78 is 0. The summed E-state index contributed by atoms with van der Waals surface area (Å²) in [6.45, 7) is 10.1. The zero-order valence-corrected chi connectivity index (χ0v) is 10.8. The third kappa shape index (κ3) is 3.09. The van der Waals surface area contributed by atoms with Crippen LogP contribution >= 0.6 is 0 Å². The maximum absolute atomic E-state index is 12.1. The highest BCUT2D eigenvalue weighted by Crippen LogP contribution is 2.13. The quantitative estimate of drug-likeness (QED) is 0.831. The topological polar surface area (TPSA) is 29.1 Å². The normalized spacial score (nSPS) is 11.3. The van der Waals surface area contributed by atoms with Gasteiger partial charge >= 0.3 is 0 Å². The van der Waals surface area contributed by atoms with Crippen molar-refractivity contribution in [1.82, 2.24) is 5.32 Å². The number of amides is 1. The zero-order chi connectivity index (χ0) is 12.3. The van der Waals surface area contributed by atoms with Gasteiger partial charge in [0.05, 0.1) is 0 Å². The van der Waals surface area contributed by atoms with Gasteiger partial charge in [-0.15, -0.1) is 0 Å². The molecule has 0 unspecified atom stereocenters. The molecule has 0 spiro atoms. The van der Waals surface area contributed by atoms with Crippen LogP contribution in [-0.4, -0.2) is 11.4 Å². The van der Waals surface area contributed by atoms with Crippen LogP contribution in [0.5, 0.6) is 0 Å². The second-order valence-electron chi connectivity index (χ2n) is 5.01. The molecule has 0 bridgehead atoms. The van der Waals surface area contributed by atoms with Gasteiger partial charge in [0.2, 0.25) is 0 Å². The first kappa shape index (κ1) is 12.8. The number of benzene rings is 1. The Labute approximate surface area is 98.1 Å². The molecule has 88 valence electrons. The van der Waals surface area contributed by atoms with Crippen LogP contribution in [0.2, 0.25) is 0 Å². The maximum Gasteiger partial charge on any atom is 0.251 e. The summed E-state index contributed by atoms with van der Waals surface area (Å²) in [7, 11) is 0. The molecule has 16 heavy (non-hydrogen) atoms. The highest BCUT2D eigenvalue weighted by Gasteiger charge is 2.19. The zero-order valence-electron chi connectivity index (χ0n) is 10.8. The van der Waals surface area contributed by atoms with Gasteiger partial charge < -0.3 is 5.32 Å². The number of rotatable bonds is 3. The number of aryl methyl sites for hydroxylation is 2. The molecule has 0 aliphatic carbocycles. The van der Waals surface area contributed by atoms with E-state index in [4.69, 9.17) is 0 Å². The number of carbonyl (C=O) groups excluding carboxylic acids is 1. The van der Waals surface area contributed by atoms with Crippen molar-refractivity contribution in [2.45, 2.75) is 46.6 Å². The molecule has 2 heteroatoms. The van der Waals surface area contributed by atoms with Gasteiger partial charge in [0.15, 0.2) is 0 Å². The number of nitrogens with one attached hydrogen (secondary N) is 1. The molecule has 0 saturated heterocycles. The summed E-state index contributed by atoms with van der Waals surface area (Å²) in [6.07, 6.45) is 0.920. The van der Waals surface area contributed by atoms with Crippen LogP contribution in [0.15, 0.2) is 18.2 Å². The fourth-order valence-electron chi connectivity index (χ4n) is 1.44. The van der Waals surface area contributed by atoms with Crippen LogP contribution in [0.1, 0.15) is 48.7 Å². The molecule has 1 aromatic carbocycles. The highest BCUT2D eigenvalue weighted by molar-refractivity contribution is 5.96. The molecule has 0 aromatic heterocycles. The number of hydrogen-bond acceptors (Lipinski definition) is 1. The van der Waals surface area contributed by atoms with Crippen molar-refractivity contribution in [3.05, 3.63) is 34.9 Å². The van der Waals surface area contributed by atoms with Gasteiger partial charge in [-0.2, -0.15) is 0 Å². The minimum Gasteiger partial charge on any atom is -0.347 e. The highest BCUT2D eigenvalue weighted by atomic mass is 16.1. The van der Waals surface area contributed by atoms with Gasteiger partial charge in [0.1, 0.15) is 0 Å². The molecule has 0 aliphatic rings. The largest absolute Gasteiger partial charge is 0.347 e. The molecular formula is C14H21NO. The minimum atomic E-state index is -0.146. The molecule has 0 atom stereocenters. The molecule has 1 amide bonds. The van der Waals surface area contributed by atoms with Crippen LogP contribution in [0.25, 0.3) is 0 Å². The predicted molar refractivity (Wildman–Crippen MR) is 67.8 cm³/mol.